The molecule has 3 aromatic heterocycles. The summed E-state index contributed by atoms with van der Waals surface area (Å²) in [5, 5.41) is 4.29. The van der Waals surface area contributed by atoms with Gasteiger partial charge >= 0.3 is 6.18 Å². The lowest BCUT2D eigenvalue weighted by Crippen LogP contribution is -2.10. The summed E-state index contributed by atoms with van der Waals surface area (Å²) >= 11 is 0. The second-order valence-corrected chi connectivity index (χ2v) is 8.12. The molecular weight excluding hydrogens is 403 g/mol. The number of Topliss-reactive ketones (excluding diaryl/α,β-unsaturated/α-hetero) is 1. The minimum Gasteiger partial charge on any atom is -0.300 e. The van der Waals surface area contributed by atoms with Gasteiger partial charge in [-0.3, -0.25) is 9.78 Å². The molecular formula is C24H28F3N3O. The predicted octanol–water partition coefficient (Wildman–Crippen LogP) is 6.48. The largest absolute Gasteiger partial charge is 0.416 e. The van der Waals surface area contributed by atoms with Crippen LogP contribution in [0.1, 0.15) is 80.3 Å². The van der Waals surface area contributed by atoms with Crippen molar-refractivity contribution in [1.82, 2.24) is 14.6 Å². The average molecular weight is 432 g/mol. The smallest absolute Gasteiger partial charge is 0.300 e. The second kappa shape index (κ2) is 9.62. The summed E-state index contributed by atoms with van der Waals surface area (Å²) in [7, 11) is 0. The van der Waals surface area contributed by atoms with Gasteiger partial charge in [-0.1, -0.05) is 26.3 Å². The van der Waals surface area contributed by atoms with Crippen molar-refractivity contribution in [2.24, 2.45) is 0 Å². The highest BCUT2D eigenvalue weighted by molar-refractivity contribution is 5.78. The molecule has 0 aliphatic heterocycles. The van der Waals surface area contributed by atoms with Crippen LogP contribution in [0.5, 0.6) is 0 Å². The molecule has 0 bridgehead atoms. The van der Waals surface area contributed by atoms with Crippen LogP contribution in [0.25, 0.3) is 5.52 Å². The molecule has 0 N–H and O–H groups in total. The molecule has 0 spiro atoms. The number of hydrogen-bond acceptors (Lipinski definition) is 3. The third-order valence-corrected chi connectivity index (χ3v) is 5.82. The Hall–Kier alpha value is -2.70. The summed E-state index contributed by atoms with van der Waals surface area (Å²) < 4.78 is 39.7. The van der Waals surface area contributed by atoms with Gasteiger partial charge in [0, 0.05) is 42.4 Å². The normalized spacial score (nSPS) is 15.2. The Bertz CT molecular complexity index is 1020. The van der Waals surface area contributed by atoms with E-state index in [1.165, 1.54) is 12.3 Å². The number of aryl methyl sites for hydroxylation is 1. The summed E-state index contributed by atoms with van der Waals surface area (Å²) in [6, 6.07) is 8.10. The van der Waals surface area contributed by atoms with Crippen LogP contribution in [0, 0.1) is 6.92 Å². The molecule has 1 aliphatic rings. The van der Waals surface area contributed by atoms with E-state index < -0.39 is 11.7 Å². The molecule has 4 nitrogen and oxygen atoms in total. The molecule has 0 aromatic carbocycles. The van der Waals surface area contributed by atoms with Crippen LogP contribution in [0.3, 0.4) is 0 Å². The molecule has 1 atom stereocenters. The van der Waals surface area contributed by atoms with Crippen LogP contribution in [-0.2, 0) is 11.0 Å². The van der Waals surface area contributed by atoms with Gasteiger partial charge < -0.3 is 0 Å². The molecule has 1 saturated carbocycles. The van der Waals surface area contributed by atoms with Gasteiger partial charge in [0.05, 0.1) is 16.8 Å². The van der Waals surface area contributed by atoms with Crippen molar-refractivity contribution in [3.05, 3.63) is 65.2 Å². The zero-order chi connectivity index (χ0) is 22.6. The van der Waals surface area contributed by atoms with Gasteiger partial charge in [-0.05, 0) is 49.9 Å². The SMILES string of the molecule is CCC(=O)CC(C)c1ccccn1.Cc1nn2ccc(C(F)(F)F)cc2c1C1CCC1. The van der Waals surface area contributed by atoms with Crippen molar-refractivity contribution in [2.45, 2.75) is 70.9 Å². The quantitative estimate of drug-likeness (QED) is 0.464. The third-order valence-electron chi connectivity index (χ3n) is 5.82. The van der Waals surface area contributed by atoms with Crippen molar-refractivity contribution >= 4 is 11.3 Å². The fourth-order valence-electron chi connectivity index (χ4n) is 3.82. The van der Waals surface area contributed by atoms with E-state index in [2.05, 4.69) is 10.1 Å². The number of halogens is 3. The summed E-state index contributed by atoms with van der Waals surface area (Å²) in [5.74, 6) is 0.929. The second-order valence-electron chi connectivity index (χ2n) is 8.12. The molecule has 31 heavy (non-hydrogen) atoms. The first-order valence-corrected chi connectivity index (χ1v) is 10.7. The minimum atomic E-state index is -4.29. The van der Waals surface area contributed by atoms with Gasteiger partial charge in [-0.25, -0.2) is 4.52 Å². The average Bonchev–Trinajstić information content (AvgIpc) is 3.02. The number of nitrogens with zero attached hydrogens (tertiary/aromatic N) is 3. The number of pyridine rings is 2. The molecule has 3 heterocycles. The van der Waals surface area contributed by atoms with Crippen LogP contribution in [-0.4, -0.2) is 20.4 Å². The van der Waals surface area contributed by atoms with Gasteiger partial charge in [0.15, 0.2) is 0 Å². The molecule has 1 unspecified atom stereocenters. The van der Waals surface area contributed by atoms with E-state index in [1.807, 2.05) is 39.0 Å². The van der Waals surface area contributed by atoms with E-state index in [0.717, 1.165) is 42.3 Å². The number of ketones is 1. The summed E-state index contributed by atoms with van der Waals surface area (Å²) in [6.45, 7) is 5.80. The fraction of sp³-hybridized carbons (Fsp3) is 0.458. The number of alkyl halides is 3. The summed E-state index contributed by atoms with van der Waals surface area (Å²) in [5.41, 5.74) is 2.85. The highest BCUT2D eigenvalue weighted by Crippen LogP contribution is 2.41. The van der Waals surface area contributed by atoms with Crippen LogP contribution in [0.4, 0.5) is 13.2 Å². The maximum atomic E-state index is 12.7. The zero-order valence-electron chi connectivity index (χ0n) is 18.1. The lowest BCUT2D eigenvalue weighted by Gasteiger charge is -2.25. The maximum Gasteiger partial charge on any atom is 0.416 e. The lowest BCUT2D eigenvalue weighted by atomic mass is 9.79. The van der Waals surface area contributed by atoms with E-state index in [4.69, 9.17) is 0 Å². The number of fused-ring (bicyclic) bond motifs is 1. The molecule has 4 rings (SSSR count). The van der Waals surface area contributed by atoms with Gasteiger partial charge in [-0.15, -0.1) is 0 Å². The zero-order valence-corrected chi connectivity index (χ0v) is 18.1. The lowest BCUT2D eigenvalue weighted by molar-refractivity contribution is -0.137. The standard InChI is InChI=1S/C13H13F3N2.C11H15NO/c1-8-12(9-3-2-4-9)11-7-10(13(14,15)16)5-6-18(11)17-8;1-3-10(13)8-9(2)11-6-4-5-7-12-11/h5-7,9H,2-4H2,1H3;4-7,9H,3,8H2,1-2H3. The Labute approximate surface area is 180 Å². The highest BCUT2D eigenvalue weighted by atomic mass is 19.4. The Morgan fingerprint density at radius 2 is 2.00 bits per heavy atom. The van der Waals surface area contributed by atoms with Crippen molar-refractivity contribution in [1.29, 1.82) is 0 Å². The van der Waals surface area contributed by atoms with E-state index in [9.17, 15) is 18.0 Å². The highest BCUT2D eigenvalue weighted by Gasteiger charge is 2.32. The number of hydrogen-bond donors (Lipinski definition) is 0. The molecule has 166 valence electrons. The fourth-order valence-corrected chi connectivity index (χ4v) is 3.82. The Morgan fingerprint density at radius 1 is 1.26 bits per heavy atom. The van der Waals surface area contributed by atoms with E-state index in [0.29, 0.717) is 30.1 Å². The van der Waals surface area contributed by atoms with Crippen molar-refractivity contribution in [3.8, 4) is 0 Å². The Balaban J connectivity index is 0.000000187. The van der Waals surface area contributed by atoms with Gasteiger partial charge in [0.2, 0.25) is 0 Å². The van der Waals surface area contributed by atoms with E-state index in [1.54, 1.807) is 10.7 Å². The van der Waals surface area contributed by atoms with Crippen LogP contribution in [0.15, 0.2) is 42.7 Å². The van der Waals surface area contributed by atoms with Crippen molar-refractivity contribution in [3.63, 3.8) is 0 Å². The number of carbonyl (C=O) groups excluding carboxylic acids is 1. The van der Waals surface area contributed by atoms with Crippen LogP contribution in [0.2, 0.25) is 0 Å². The van der Waals surface area contributed by atoms with Crippen molar-refractivity contribution < 1.29 is 18.0 Å². The molecule has 3 aromatic rings. The first kappa shape index (κ1) is 23.0. The summed E-state index contributed by atoms with van der Waals surface area (Å²) in [4.78, 5) is 15.4. The van der Waals surface area contributed by atoms with Gasteiger partial charge in [0.25, 0.3) is 0 Å². The molecule has 1 aliphatic carbocycles. The van der Waals surface area contributed by atoms with Gasteiger partial charge in [-0.2, -0.15) is 18.3 Å². The maximum absolute atomic E-state index is 12.7. The number of aromatic nitrogens is 3. The Kier molecular flexibility index (Phi) is 7.13. The van der Waals surface area contributed by atoms with Crippen molar-refractivity contribution in [2.75, 3.05) is 0 Å². The van der Waals surface area contributed by atoms with Gasteiger partial charge in [0.1, 0.15) is 5.78 Å². The minimum absolute atomic E-state index is 0.244. The first-order chi connectivity index (χ1) is 14.7. The monoisotopic (exact) mass is 431 g/mol. The third kappa shape index (κ3) is 5.51. The molecule has 7 heteroatoms. The van der Waals surface area contributed by atoms with E-state index >= 15 is 0 Å². The predicted molar refractivity (Wildman–Crippen MR) is 114 cm³/mol. The molecule has 0 amide bonds. The summed E-state index contributed by atoms with van der Waals surface area (Å²) in [6.07, 6.45) is 3.36. The number of carbonyl (C=O) groups is 1. The van der Waals surface area contributed by atoms with Crippen LogP contribution >= 0.6 is 0 Å². The topological polar surface area (TPSA) is 47.3 Å². The first-order valence-electron chi connectivity index (χ1n) is 10.7. The molecule has 0 radical (unpaired) electrons. The molecule has 0 saturated heterocycles. The van der Waals surface area contributed by atoms with Crippen LogP contribution < -0.4 is 0 Å². The van der Waals surface area contributed by atoms with E-state index in [-0.39, 0.29) is 5.92 Å². The molecule has 1 fully saturated rings. The number of rotatable bonds is 5. The Morgan fingerprint density at radius 3 is 2.55 bits per heavy atom.